The number of aliphatic hydroxyl groups is 1. The molecule has 1 atom stereocenters. The molecule has 1 aromatic rings. The number of carbonyl (C=O) groups is 1. The molecule has 0 saturated carbocycles. The lowest BCUT2D eigenvalue weighted by Crippen LogP contribution is -2.47. The first-order valence-corrected chi connectivity index (χ1v) is 7.68. The molecule has 2 N–H and O–H groups in total. The molecule has 21 heavy (non-hydrogen) atoms. The van der Waals surface area contributed by atoms with Gasteiger partial charge in [-0.05, 0) is 49.5 Å². The summed E-state index contributed by atoms with van der Waals surface area (Å²) in [6.45, 7) is 0.869. The quantitative estimate of drug-likeness (QED) is 0.897. The maximum absolute atomic E-state index is 12.2. The standard InChI is InChI=1S/C16H21ClN2O2/c17-14-5-3-4-13(12-14)7-9-18-16(21)19-10-2-1-6-15(19)8-11-20/h3-5,7,9,12,15,20H,1-2,6,8,10-11H2,(H,18,21)/b9-7+. The van der Waals surface area contributed by atoms with Crippen LogP contribution in [-0.2, 0) is 0 Å². The summed E-state index contributed by atoms with van der Waals surface area (Å²) in [5, 5.41) is 12.5. The van der Waals surface area contributed by atoms with Crippen molar-refractivity contribution < 1.29 is 9.90 Å². The minimum Gasteiger partial charge on any atom is -0.396 e. The summed E-state index contributed by atoms with van der Waals surface area (Å²) >= 11 is 5.91. The Kier molecular flexibility index (Phi) is 6.08. The highest BCUT2D eigenvalue weighted by Crippen LogP contribution is 2.19. The van der Waals surface area contributed by atoms with Gasteiger partial charge in [0.2, 0.25) is 0 Å². The van der Waals surface area contributed by atoms with Crippen LogP contribution in [0.3, 0.4) is 0 Å². The Labute approximate surface area is 130 Å². The first kappa shape index (κ1) is 15.9. The number of hydrogen-bond donors (Lipinski definition) is 2. The molecule has 1 unspecified atom stereocenters. The van der Waals surface area contributed by atoms with E-state index in [2.05, 4.69) is 5.32 Å². The van der Waals surface area contributed by atoms with E-state index in [0.29, 0.717) is 11.4 Å². The van der Waals surface area contributed by atoms with Crippen LogP contribution in [0.15, 0.2) is 30.5 Å². The fraction of sp³-hybridized carbons (Fsp3) is 0.438. The predicted octanol–water partition coefficient (Wildman–Crippen LogP) is 3.26. The molecule has 0 aliphatic carbocycles. The van der Waals surface area contributed by atoms with E-state index in [1.807, 2.05) is 35.2 Å². The summed E-state index contributed by atoms with van der Waals surface area (Å²) in [4.78, 5) is 14.0. The molecular formula is C16H21ClN2O2. The summed E-state index contributed by atoms with van der Waals surface area (Å²) in [7, 11) is 0. The van der Waals surface area contributed by atoms with Gasteiger partial charge < -0.3 is 15.3 Å². The number of halogens is 1. The maximum atomic E-state index is 12.2. The van der Waals surface area contributed by atoms with Crippen LogP contribution in [0.1, 0.15) is 31.2 Å². The first-order valence-electron chi connectivity index (χ1n) is 7.31. The number of urea groups is 1. The summed E-state index contributed by atoms with van der Waals surface area (Å²) in [6, 6.07) is 7.47. The van der Waals surface area contributed by atoms with Gasteiger partial charge in [0.1, 0.15) is 0 Å². The Balaban J connectivity index is 1.91. The molecule has 1 heterocycles. The van der Waals surface area contributed by atoms with Crippen LogP contribution in [0.25, 0.3) is 6.08 Å². The normalized spacial score (nSPS) is 19.0. The van der Waals surface area contributed by atoms with Crippen LogP contribution >= 0.6 is 11.6 Å². The van der Waals surface area contributed by atoms with Gasteiger partial charge in [0.25, 0.3) is 0 Å². The molecule has 1 aromatic carbocycles. The number of aliphatic hydroxyl groups excluding tert-OH is 1. The highest BCUT2D eigenvalue weighted by molar-refractivity contribution is 6.30. The lowest BCUT2D eigenvalue weighted by Gasteiger charge is -2.35. The van der Waals surface area contributed by atoms with Gasteiger partial charge in [0.15, 0.2) is 0 Å². The molecule has 1 saturated heterocycles. The van der Waals surface area contributed by atoms with Crippen molar-refractivity contribution >= 4 is 23.7 Å². The highest BCUT2D eigenvalue weighted by atomic mass is 35.5. The van der Waals surface area contributed by atoms with Crippen LogP contribution in [0.2, 0.25) is 5.02 Å². The number of likely N-dealkylation sites (tertiary alicyclic amines) is 1. The van der Waals surface area contributed by atoms with Gasteiger partial charge in [-0.25, -0.2) is 4.79 Å². The van der Waals surface area contributed by atoms with Crippen LogP contribution < -0.4 is 5.32 Å². The third-order valence-electron chi connectivity index (χ3n) is 3.68. The van der Waals surface area contributed by atoms with Crippen molar-refractivity contribution in [1.29, 1.82) is 0 Å². The molecule has 1 aliphatic heterocycles. The molecule has 1 aliphatic rings. The van der Waals surface area contributed by atoms with Crippen molar-refractivity contribution in [3.63, 3.8) is 0 Å². The van der Waals surface area contributed by atoms with Crippen molar-refractivity contribution in [3.05, 3.63) is 41.1 Å². The highest BCUT2D eigenvalue weighted by Gasteiger charge is 2.25. The molecule has 2 amide bonds. The number of rotatable bonds is 4. The summed E-state index contributed by atoms with van der Waals surface area (Å²) in [5.41, 5.74) is 0.938. The Morgan fingerprint density at radius 1 is 1.48 bits per heavy atom. The molecule has 1 fully saturated rings. The van der Waals surface area contributed by atoms with E-state index in [-0.39, 0.29) is 18.7 Å². The molecule has 5 heteroatoms. The predicted molar refractivity (Wildman–Crippen MR) is 85.1 cm³/mol. The Hall–Kier alpha value is -1.52. The molecule has 0 aromatic heterocycles. The van der Waals surface area contributed by atoms with Gasteiger partial charge >= 0.3 is 6.03 Å². The van der Waals surface area contributed by atoms with E-state index in [4.69, 9.17) is 16.7 Å². The Morgan fingerprint density at radius 3 is 3.10 bits per heavy atom. The Morgan fingerprint density at radius 2 is 2.33 bits per heavy atom. The van der Waals surface area contributed by atoms with Gasteiger partial charge in [-0.2, -0.15) is 0 Å². The number of benzene rings is 1. The van der Waals surface area contributed by atoms with E-state index in [9.17, 15) is 4.79 Å². The number of piperidine rings is 1. The van der Waals surface area contributed by atoms with Crippen molar-refractivity contribution in [1.82, 2.24) is 10.2 Å². The van der Waals surface area contributed by atoms with Gasteiger partial charge in [0.05, 0.1) is 0 Å². The number of amides is 2. The second-order valence-corrected chi connectivity index (χ2v) is 5.63. The average Bonchev–Trinajstić information content (AvgIpc) is 2.48. The fourth-order valence-electron chi connectivity index (χ4n) is 2.62. The minimum atomic E-state index is -0.105. The second-order valence-electron chi connectivity index (χ2n) is 5.19. The zero-order valence-corrected chi connectivity index (χ0v) is 12.7. The SMILES string of the molecule is O=C(N/C=C/c1cccc(Cl)c1)N1CCCCC1CCO. The van der Waals surface area contributed by atoms with E-state index in [1.165, 1.54) is 0 Å². The van der Waals surface area contributed by atoms with Gasteiger partial charge in [-0.3, -0.25) is 0 Å². The third kappa shape index (κ3) is 4.76. The summed E-state index contributed by atoms with van der Waals surface area (Å²) in [5.74, 6) is 0. The van der Waals surface area contributed by atoms with Crippen molar-refractivity contribution in [3.8, 4) is 0 Å². The van der Waals surface area contributed by atoms with E-state index in [1.54, 1.807) is 6.20 Å². The third-order valence-corrected chi connectivity index (χ3v) is 3.92. The Bertz CT molecular complexity index is 503. The van der Waals surface area contributed by atoms with Crippen LogP contribution in [0.4, 0.5) is 4.79 Å². The minimum absolute atomic E-state index is 0.105. The lowest BCUT2D eigenvalue weighted by atomic mass is 10.0. The molecule has 2 rings (SSSR count). The average molecular weight is 309 g/mol. The number of nitrogens with zero attached hydrogens (tertiary/aromatic N) is 1. The lowest BCUT2D eigenvalue weighted by molar-refractivity contribution is 0.134. The zero-order chi connectivity index (χ0) is 15.1. The second kappa shape index (κ2) is 8.05. The van der Waals surface area contributed by atoms with Gasteiger partial charge in [-0.1, -0.05) is 23.7 Å². The summed E-state index contributed by atoms with van der Waals surface area (Å²) < 4.78 is 0. The smallest absolute Gasteiger partial charge is 0.321 e. The molecule has 0 spiro atoms. The van der Waals surface area contributed by atoms with Crippen LogP contribution in [0.5, 0.6) is 0 Å². The monoisotopic (exact) mass is 308 g/mol. The van der Waals surface area contributed by atoms with E-state index >= 15 is 0 Å². The number of hydrogen-bond acceptors (Lipinski definition) is 2. The van der Waals surface area contributed by atoms with Crippen molar-refractivity contribution in [2.24, 2.45) is 0 Å². The van der Waals surface area contributed by atoms with Crippen LogP contribution in [0, 0.1) is 0 Å². The summed E-state index contributed by atoms with van der Waals surface area (Å²) in [6.07, 6.45) is 7.20. The molecule has 0 radical (unpaired) electrons. The fourth-order valence-corrected chi connectivity index (χ4v) is 2.82. The molecule has 4 nitrogen and oxygen atoms in total. The maximum Gasteiger partial charge on any atom is 0.321 e. The molecule has 0 bridgehead atoms. The number of carbonyl (C=O) groups excluding carboxylic acids is 1. The van der Waals surface area contributed by atoms with Crippen molar-refractivity contribution in [2.45, 2.75) is 31.7 Å². The number of nitrogens with one attached hydrogen (secondary N) is 1. The molecular weight excluding hydrogens is 288 g/mol. The van der Waals surface area contributed by atoms with E-state index in [0.717, 1.165) is 31.4 Å². The first-order chi connectivity index (χ1) is 10.2. The van der Waals surface area contributed by atoms with E-state index < -0.39 is 0 Å². The van der Waals surface area contributed by atoms with Gasteiger partial charge in [-0.15, -0.1) is 0 Å². The van der Waals surface area contributed by atoms with Gasteiger partial charge in [0, 0.05) is 30.4 Å². The van der Waals surface area contributed by atoms with Crippen molar-refractivity contribution in [2.75, 3.05) is 13.2 Å². The molecule has 114 valence electrons. The largest absolute Gasteiger partial charge is 0.396 e. The van der Waals surface area contributed by atoms with Crippen LogP contribution in [-0.4, -0.2) is 35.2 Å². The zero-order valence-electron chi connectivity index (χ0n) is 12.0. The topological polar surface area (TPSA) is 52.6 Å².